The molecule has 0 heterocycles. The molecule has 0 aromatic rings. The first kappa shape index (κ1) is 12.0. The summed E-state index contributed by atoms with van der Waals surface area (Å²) < 4.78 is 0. The highest BCUT2D eigenvalue weighted by Gasteiger charge is 2.09. The summed E-state index contributed by atoms with van der Waals surface area (Å²) in [7, 11) is 0. The van der Waals surface area contributed by atoms with E-state index in [1.807, 2.05) is 0 Å². The predicted molar refractivity (Wildman–Crippen MR) is 56.4 cm³/mol. The summed E-state index contributed by atoms with van der Waals surface area (Å²) in [6, 6.07) is 0.712. The molecule has 0 aliphatic heterocycles. The highest BCUT2D eigenvalue weighted by atomic mass is 14.9. The zero-order valence-electron chi connectivity index (χ0n) is 9.35. The lowest BCUT2D eigenvalue weighted by Gasteiger charge is -2.21. The van der Waals surface area contributed by atoms with Gasteiger partial charge in [-0.3, -0.25) is 0 Å². The first-order valence-corrected chi connectivity index (χ1v) is 5.31. The summed E-state index contributed by atoms with van der Waals surface area (Å²) in [5, 5.41) is 3.60. The molecule has 0 bridgehead atoms. The summed E-state index contributed by atoms with van der Waals surface area (Å²) in [6.45, 7) is 12.6. The van der Waals surface area contributed by atoms with Gasteiger partial charge in [-0.05, 0) is 31.2 Å². The Morgan fingerprint density at radius 1 is 1.08 bits per heavy atom. The highest BCUT2D eigenvalue weighted by Crippen LogP contribution is 2.06. The summed E-state index contributed by atoms with van der Waals surface area (Å²) in [4.78, 5) is 0. The van der Waals surface area contributed by atoms with Gasteiger partial charge in [0.15, 0.2) is 0 Å². The van der Waals surface area contributed by atoms with Crippen molar-refractivity contribution in [3.63, 3.8) is 0 Å². The van der Waals surface area contributed by atoms with E-state index in [0.717, 1.165) is 11.8 Å². The van der Waals surface area contributed by atoms with Crippen molar-refractivity contribution in [3.8, 4) is 0 Å². The SMILES string of the molecule is CCC(NCCC(C)C)C(C)C. The molecule has 0 aromatic carbocycles. The van der Waals surface area contributed by atoms with Crippen molar-refractivity contribution >= 4 is 0 Å². The minimum absolute atomic E-state index is 0.712. The largest absolute Gasteiger partial charge is 0.314 e. The predicted octanol–water partition coefficient (Wildman–Crippen LogP) is 3.06. The van der Waals surface area contributed by atoms with Crippen LogP contribution in [0.3, 0.4) is 0 Å². The van der Waals surface area contributed by atoms with E-state index in [9.17, 15) is 0 Å². The maximum absolute atomic E-state index is 3.60. The quantitative estimate of drug-likeness (QED) is 0.647. The van der Waals surface area contributed by atoms with Gasteiger partial charge < -0.3 is 5.32 Å². The van der Waals surface area contributed by atoms with Gasteiger partial charge in [-0.25, -0.2) is 0 Å². The van der Waals surface area contributed by atoms with E-state index in [2.05, 4.69) is 39.9 Å². The van der Waals surface area contributed by atoms with E-state index in [0.29, 0.717) is 6.04 Å². The Kier molecular flexibility index (Phi) is 6.45. The van der Waals surface area contributed by atoms with Crippen molar-refractivity contribution in [1.29, 1.82) is 0 Å². The van der Waals surface area contributed by atoms with E-state index in [1.165, 1.54) is 19.4 Å². The molecule has 1 N–H and O–H groups in total. The zero-order chi connectivity index (χ0) is 9.56. The van der Waals surface area contributed by atoms with Gasteiger partial charge in [0.2, 0.25) is 0 Å². The van der Waals surface area contributed by atoms with Gasteiger partial charge >= 0.3 is 0 Å². The minimum Gasteiger partial charge on any atom is -0.314 e. The van der Waals surface area contributed by atoms with Crippen LogP contribution in [-0.4, -0.2) is 12.6 Å². The van der Waals surface area contributed by atoms with Crippen LogP contribution in [0.4, 0.5) is 0 Å². The van der Waals surface area contributed by atoms with Crippen LogP contribution in [-0.2, 0) is 0 Å². The van der Waals surface area contributed by atoms with Gasteiger partial charge in [0, 0.05) is 6.04 Å². The normalized spacial score (nSPS) is 14.2. The maximum atomic E-state index is 3.60. The van der Waals surface area contributed by atoms with Crippen LogP contribution < -0.4 is 5.32 Å². The molecular weight excluding hydrogens is 146 g/mol. The summed E-state index contributed by atoms with van der Waals surface area (Å²) >= 11 is 0. The number of rotatable bonds is 6. The van der Waals surface area contributed by atoms with Crippen LogP contribution in [0, 0.1) is 11.8 Å². The van der Waals surface area contributed by atoms with Crippen molar-refractivity contribution in [3.05, 3.63) is 0 Å². The molecular formula is C11H25N. The molecule has 0 aromatic heterocycles. The molecule has 12 heavy (non-hydrogen) atoms. The summed E-state index contributed by atoms with van der Waals surface area (Å²) in [6.07, 6.45) is 2.54. The third-order valence-corrected chi connectivity index (χ3v) is 2.37. The molecule has 0 aliphatic rings. The van der Waals surface area contributed by atoms with Crippen molar-refractivity contribution in [2.45, 2.75) is 53.5 Å². The molecule has 0 saturated heterocycles. The lowest BCUT2D eigenvalue weighted by molar-refractivity contribution is 0.375. The molecule has 1 heteroatoms. The Morgan fingerprint density at radius 2 is 1.67 bits per heavy atom. The maximum Gasteiger partial charge on any atom is 0.00874 e. The lowest BCUT2D eigenvalue weighted by atomic mass is 10.0. The van der Waals surface area contributed by atoms with Crippen molar-refractivity contribution in [1.82, 2.24) is 5.32 Å². The average Bonchev–Trinajstić information content (AvgIpc) is 1.96. The molecule has 0 saturated carbocycles. The molecule has 0 spiro atoms. The Hall–Kier alpha value is -0.0400. The Labute approximate surface area is 77.9 Å². The number of hydrogen-bond donors (Lipinski definition) is 1. The second-order valence-corrected chi connectivity index (χ2v) is 4.40. The van der Waals surface area contributed by atoms with Crippen LogP contribution in [0.2, 0.25) is 0 Å². The van der Waals surface area contributed by atoms with Crippen LogP contribution in [0.15, 0.2) is 0 Å². The fraction of sp³-hybridized carbons (Fsp3) is 1.00. The second-order valence-electron chi connectivity index (χ2n) is 4.40. The average molecular weight is 171 g/mol. The smallest absolute Gasteiger partial charge is 0.00874 e. The van der Waals surface area contributed by atoms with E-state index in [1.54, 1.807) is 0 Å². The van der Waals surface area contributed by atoms with Crippen molar-refractivity contribution < 1.29 is 0 Å². The fourth-order valence-electron chi connectivity index (χ4n) is 1.41. The van der Waals surface area contributed by atoms with Crippen LogP contribution >= 0.6 is 0 Å². The zero-order valence-corrected chi connectivity index (χ0v) is 9.35. The molecule has 1 atom stereocenters. The monoisotopic (exact) mass is 171 g/mol. The van der Waals surface area contributed by atoms with Crippen LogP contribution in [0.5, 0.6) is 0 Å². The minimum atomic E-state index is 0.712. The van der Waals surface area contributed by atoms with Crippen LogP contribution in [0.25, 0.3) is 0 Å². The Bertz CT molecular complexity index is 97.2. The molecule has 0 fully saturated rings. The van der Waals surface area contributed by atoms with E-state index < -0.39 is 0 Å². The van der Waals surface area contributed by atoms with Gasteiger partial charge in [0.25, 0.3) is 0 Å². The standard InChI is InChI=1S/C11H25N/c1-6-11(10(4)5)12-8-7-9(2)3/h9-12H,6-8H2,1-5H3. The van der Waals surface area contributed by atoms with Gasteiger partial charge in [0.1, 0.15) is 0 Å². The molecule has 1 unspecified atom stereocenters. The molecule has 0 radical (unpaired) electrons. The van der Waals surface area contributed by atoms with Gasteiger partial charge in [-0.1, -0.05) is 34.6 Å². The Balaban J connectivity index is 3.45. The van der Waals surface area contributed by atoms with Crippen LogP contribution in [0.1, 0.15) is 47.5 Å². The number of nitrogens with one attached hydrogen (secondary N) is 1. The van der Waals surface area contributed by atoms with Gasteiger partial charge in [-0.2, -0.15) is 0 Å². The third-order valence-electron chi connectivity index (χ3n) is 2.37. The highest BCUT2D eigenvalue weighted by molar-refractivity contribution is 4.68. The summed E-state index contributed by atoms with van der Waals surface area (Å²) in [5.74, 6) is 1.59. The molecule has 74 valence electrons. The molecule has 1 nitrogen and oxygen atoms in total. The third kappa shape index (κ3) is 5.59. The lowest BCUT2D eigenvalue weighted by Crippen LogP contribution is -2.34. The van der Waals surface area contributed by atoms with Crippen molar-refractivity contribution in [2.75, 3.05) is 6.54 Å². The molecule has 0 aliphatic carbocycles. The van der Waals surface area contributed by atoms with Gasteiger partial charge in [-0.15, -0.1) is 0 Å². The first-order valence-electron chi connectivity index (χ1n) is 5.31. The van der Waals surface area contributed by atoms with E-state index >= 15 is 0 Å². The van der Waals surface area contributed by atoms with Gasteiger partial charge in [0.05, 0.1) is 0 Å². The molecule has 0 rings (SSSR count). The first-order chi connectivity index (χ1) is 5.57. The summed E-state index contributed by atoms with van der Waals surface area (Å²) in [5.41, 5.74) is 0. The Morgan fingerprint density at radius 3 is 2.00 bits per heavy atom. The second kappa shape index (κ2) is 6.47. The van der Waals surface area contributed by atoms with E-state index in [4.69, 9.17) is 0 Å². The number of hydrogen-bond acceptors (Lipinski definition) is 1. The topological polar surface area (TPSA) is 12.0 Å². The van der Waals surface area contributed by atoms with Crippen molar-refractivity contribution in [2.24, 2.45) is 11.8 Å². The molecule has 0 amide bonds. The van der Waals surface area contributed by atoms with E-state index in [-0.39, 0.29) is 0 Å². The fourth-order valence-corrected chi connectivity index (χ4v) is 1.41.